The second kappa shape index (κ2) is 8.34. The Morgan fingerprint density at radius 1 is 0.885 bits per heavy atom. The summed E-state index contributed by atoms with van der Waals surface area (Å²) >= 11 is 0. The molecule has 0 saturated carbocycles. The third-order valence-corrected chi connectivity index (χ3v) is 4.51. The summed E-state index contributed by atoms with van der Waals surface area (Å²) in [6, 6.07) is 27.9. The van der Waals surface area contributed by atoms with Crippen molar-refractivity contribution in [2.45, 2.75) is 26.4 Å². The molecule has 132 valence electrons. The Morgan fingerprint density at radius 3 is 2.08 bits per heavy atom. The van der Waals surface area contributed by atoms with E-state index in [0.717, 1.165) is 16.8 Å². The monoisotopic (exact) mass is 344 g/mol. The Morgan fingerprint density at radius 2 is 1.46 bits per heavy atom. The minimum atomic E-state index is -0.103. The van der Waals surface area contributed by atoms with E-state index in [1.54, 1.807) is 0 Å². The number of nitrogens with zero attached hydrogens (tertiary/aromatic N) is 1. The number of rotatable bonds is 5. The average Bonchev–Trinajstić information content (AvgIpc) is 2.69. The minimum Gasteiger partial charge on any atom is -0.313 e. The minimum absolute atomic E-state index is 0.0399. The molecule has 0 bridgehead atoms. The smallest absolute Gasteiger partial charge is 0.313 e. The summed E-state index contributed by atoms with van der Waals surface area (Å²) < 4.78 is 0. The van der Waals surface area contributed by atoms with E-state index in [2.05, 4.69) is 24.4 Å². The van der Waals surface area contributed by atoms with Crippen molar-refractivity contribution in [2.24, 2.45) is 0 Å². The van der Waals surface area contributed by atoms with E-state index in [1.807, 2.05) is 84.6 Å². The number of benzene rings is 3. The number of carbonyl (C=O) groups is 1. The lowest BCUT2D eigenvalue weighted by Gasteiger charge is -2.30. The fourth-order valence-electron chi connectivity index (χ4n) is 2.91. The van der Waals surface area contributed by atoms with E-state index in [9.17, 15) is 4.79 Å². The Balaban J connectivity index is 1.83. The van der Waals surface area contributed by atoms with Crippen molar-refractivity contribution < 1.29 is 4.79 Å². The van der Waals surface area contributed by atoms with Crippen molar-refractivity contribution in [2.75, 3.05) is 5.32 Å². The van der Waals surface area contributed by atoms with E-state index in [0.29, 0.717) is 6.54 Å². The lowest BCUT2D eigenvalue weighted by atomic mass is 10.1. The predicted octanol–water partition coefficient (Wildman–Crippen LogP) is 5.79. The maximum absolute atomic E-state index is 13.0. The molecule has 0 aromatic heterocycles. The normalized spacial score (nSPS) is 11.6. The molecule has 0 aliphatic rings. The molecule has 1 atom stereocenters. The van der Waals surface area contributed by atoms with Crippen LogP contribution < -0.4 is 5.32 Å². The van der Waals surface area contributed by atoms with Gasteiger partial charge in [-0.2, -0.15) is 0 Å². The zero-order valence-electron chi connectivity index (χ0n) is 15.2. The zero-order valence-corrected chi connectivity index (χ0v) is 15.2. The molecule has 3 nitrogen and oxygen atoms in total. The van der Waals surface area contributed by atoms with Gasteiger partial charge in [-0.3, -0.25) is 0 Å². The van der Waals surface area contributed by atoms with Crippen LogP contribution in [0.15, 0.2) is 84.9 Å². The number of amides is 2. The van der Waals surface area contributed by atoms with E-state index < -0.39 is 0 Å². The van der Waals surface area contributed by atoms with Crippen LogP contribution in [0.4, 0.5) is 10.5 Å². The maximum Gasteiger partial charge on any atom is 0.322 e. The highest BCUT2D eigenvalue weighted by Crippen LogP contribution is 2.23. The van der Waals surface area contributed by atoms with Crippen LogP contribution in [0, 0.1) is 6.92 Å². The number of hydrogen-bond donors (Lipinski definition) is 1. The van der Waals surface area contributed by atoms with Crippen LogP contribution in [-0.4, -0.2) is 10.9 Å². The molecular formula is C23H24N2O. The van der Waals surface area contributed by atoms with Crippen molar-refractivity contribution in [3.05, 3.63) is 102 Å². The average molecular weight is 344 g/mol. The molecule has 3 aromatic rings. The Hall–Kier alpha value is -3.07. The largest absolute Gasteiger partial charge is 0.322 e. The summed E-state index contributed by atoms with van der Waals surface area (Å²) in [5.74, 6) is 0. The lowest BCUT2D eigenvalue weighted by Crippen LogP contribution is -2.36. The number of hydrogen-bond acceptors (Lipinski definition) is 1. The quantitative estimate of drug-likeness (QED) is 0.624. The topological polar surface area (TPSA) is 32.3 Å². The molecule has 26 heavy (non-hydrogen) atoms. The Labute approximate surface area is 155 Å². The van der Waals surface area contributed by atoms with Gasteiger partial charge in [-0.1, -0.05) is 78.4 Å². The van der Waals surface area contributed by atoms with Crippen LogP contribution in [0.5, 0.6) is 0 Å². The molecule has 3 rings (SSSR count). The molecule has 0 fully saturated rings. The van der Waals surface area contributed by atoms with Crippen LogP contribution in [0.25, 0.3) is 0 Å². The van der Waals surface area contributed by atoms with Crippen molar-refractivity contribution in [1.82, 2.24) is 4.90 Å². The fourth-order valence-corrected chi connectivity index (χ4v) is 2.91. The second-order valence-electron chi connectivity index (χ2n) is 6.50. The summed E-state index contributed by atoms with van der Waals surface area (Å²) in [6.45, 7) is 4.65. The standard InChI is InChI=1S/C23H24N2O/c1-18-13-15-22(16-14-18)24-23(26)25(17-20-9-5-3-6-10-20)19(2)21-11-7-4-8-12-21/h3-16,19H,17H2,1-2H3,(H,24,26). The highest BCUT2D eigenvalue weighted by Gasteiger charge is 2.22. The first-order valence-electron chi connectivity index (χ1n) is 8.86. The van der Waals surface area contributed by atoms with Crippen LogP contribution in [0.3, 0.4) is 0 Å². The van der Waals surface area contributed by atoms with E-state index in [4.69, 9.17) is 0 Å². The fraction of sp³-hybridized carbons (Fsp3) is 0.174. The van der Waals surface area contributed by atoms with Crippen LogP contribution in [0.1, 0.15) is 29.7 Å². The van der Waals surface area contributed by atoms with E-state index >= 15 is 0 Å². The molecule has 0 aliphatic heterocycles. The zero-order chi connectivity index (χ0) is 18.4. The number of urea groups is 1. The molecule has 0 heterocycles. The van der Waals surface area contributed by atoms with E-state index in [1.165, 1.54) is 5.56 Å². The first-order valence-corrected chi connectivity index (χ1v) is 8.86. The molecule has 3 heteroatoms. The van der Waals surface area contributed by atoms with Gasteiger partial charge in [-0.05, 0) is 37.1 Å². The molecule has 3 aromatic carbocycles. The summed E-state index contributed by atoms with van der Waals surface area (Å²) in [5, 5.41) is 3.03. The van der Waals surface area contributed by atoms with Crippen LogP contribution >= 0.6 is 0 Å². The van der Waals surface area contributed by atoms with Crippen molar-refractivity contribution in [3.63, 3.8) is 0 Å². The molecule has 1 unspecified atom stereocenters. The van der Waals surface area contributed by atoms with Gasteiger partial charge < -0.3 is 10.2 Å². The first kappa shape index (κ1) is 17.7. The van der Waals surface area contributed by atoms with Gasteiger partial charge in [0, 0.05) is 12.2 Å². The van der Waals surface area contributed by atoms with Gasteiger partial charge in [0.05, 0.1) is 6.04 Å². The number of carbonyl (C=O) groups excluding carboxylic acids is 1. The SMILES string of the molecule is Cc1ccc(NC(=O)N(Cc2ccccc2)C(C)c2ccccc2)cc1. The Bertz CT molecular complexity index is 829. The number of aryl methyl sites for hydroxylation is 1. The van der Waals surface area contributed by atoms with Gasteiger partial charge >= 0.3 is 6.03 Å². The lowest BCUT2D eigenvalue weighted by molar-refractivity contribution is 0.189. The molecule has 0 aliphatic carbocycles. The van der Waals surface area contributed by atoms with Crippen molar-refractivity contribution in [1.29, 1.82) is 0 Å². The summed E-state index contributed by atoms with van der Waals surface area (Å²) in [5.41, 5.74) is 4.19. The second-order valence-corrected chi connectivity index (χ2v) is 6.50. The molecule has 1 N–H and O–H groups in total. The van der Waals surface area contributed by atoms with Crippen molar-refractivity contribution in [3.8, 4) is 0 Å². The highest BCUT2D eigenvalue weighted by atomic mass is 16.2. The van der Waals surface area contributed by atoms with Gasteiger partial charge in [-0.15, -0.1) is 0 Å². The predicted molar refractivity (Wildman–Crippen MR) is 107 cm³/mol. The summed E-state index contributed by atoms with van der Waals surface area (Å²) in [4.78, 5) is 14.9. The molecule has 0 radical (unpaired) electrons. The maximum atomic E-state index is 13.0. The van der Waals surface area contributed by atoms with Gasteiger partial charge in [0.1, 0.15) is 0 Å². The molecular weight excluding hydrogens is 320 g/mol. The number of anilines is 1. The van der Waals surface area contributed by atoms with Gasteiger partial charge in [0.15, 0.2) is 0 Å². The summed E-state index contributed by atoms with van der Waals surface area (Å²) in [6.07, 6.45) is 0. The van der Waals surface area contributed by atoms with Gasteiger partial charge in [0.25, 0.3) is 0 Å². The number of nitrogens with one attached hydrogen (secondary N) is 1. The van der Waals surface area contributed by atoms with Gasteiger partial charge in [0.2, 0.25) is 0 Å². The van der Waals surface area contributed by atoms with E-state index in [-0.39, 0.29) is 12.1 Å². The Kier molecular flexibility index (Phi) is 5.69. The van der Waals surface area contributed by atoms with Crippen molar-refractivity contribution >= 4 is 11.7 Å². The third kappa shape index (κ3) is 4.51. The third-order valence-electron chi connectivity index (χ3n) is 4.51. The first-order chi connectivity index (χ1) is 12.6. The highest BCUT2D eigenvalue weighted by molar-refractivity contribution is 5.89. The van der Waals surface area contributed by atoms with Gasteiger partial charge in [-0.25, -0.2) is 4.79 Å². The summed E-state index contributed by atoms with van der Waals surface area (Å²) in [7, 11) is 0. The molecule has 0 spiro atoms. The van der Waals surface area contributed by atoms with Crippen LogP contribution in [0.2, 0.25) is 0 Å². The van der Waals surface area contributed by atoms with Crippen LogP contribution in [-0.2, 0) is 6.54 Å². The molecule has 0 saturated heterocycles. The molecule has 2 amide bonds.